The summed E-state index contributed by atoms with van der Waals surface area (Å²) >= 11 is 11.3. The summed E-state index contributed by atoms with van der Waals surface area (Å²) in [4.78, 5) is 0. The molecule has 0 spiro atoms. The van der Waals surface area contributed by atoms with E-state index in [-0.39, 0.29) is 0 Å². The first kappa shape index (κ1) is 20.0. The van der Waals surface area contributed by atoms with E-state index in [0.717, 1.165) is 38.2 Å². The van der Waals surface area contributed by atoms with E-state index in [9.17, 15) is 0 Å². The van der Waals surface area contributed by atoms with Gasteiger partial charge in [0.25, 0.3) is 0 Å². The van der Waals surface area contributed by atoms with Gasteiger partial charge in [-0.2, -0.15) is 0 Å². The molecule has 4 nitrogen and oxygen atoms in total. The van der Waals surface area contributed by atoms with Gasteiger partial charge in [0.2, 0.25) is 0 Å². The number of benzene rings is 3. The lowest BCUT2D eigenvalue weighted by Gasteiger charge is -2.11. The Balaban J connectivity index is 1.74. The molecule has 0 saturated heterocycles. The largest absolute Gasteiger partial charge is 0.497 e. The fourth-order valence-corrected chi connectivity index (χ4v) is 4.38. The van der Waals surface area contributed by atoms with Gasteiger partial charge in [0.15, 0.2) is 11.0 Å². The molecule has 3 aromatic carbocycles. The highest BCUT2D eigenvalue weighted by atomic mass is 79.9. The van der Waals surface area contributed by atoms with E-state index in [2.05, 4.69) is 38.3 Å². The van der Waals surface area contributed by atoms with Crippen LogP contribution >= 0.6 is 39.3 Å². The summed E-state index contributed by atoms with van der Waals surface area (Å²) in [7, 11) is 1.66. The normalized spacial score (nSPS) is 10.9. The highest BCUT2D eigenvalue weighted by Crippen LogP contribution is 2.31. The molecule has 0 radical (unpaired) electrons. The fraction of sp³-hybridized carbons (Fsp3) is 0.0909. The molecule has 0 atom stereocenters. The lowest BCUT2D eigenvalue weighted by atomic mass is 10.2. The molecule has 4 aromatic rings. The molecule has 0 aliphatic rings. The van der Waals surface area contributed by atoms with Crippen molar-refractivity contribution in [2.24, 2.45) is 0 Å². The number of hydrogen-bond acceptors (Lipinski definition) is 4. The maximum Gasteiger partial charge on any atom is 0.196 e. The standard InChI is InChI=1S/C22H17BrClN3OS/c1-28-20-7-3-5-16(13-20)21-25-26-22(27(21)19-10-8-18(24)9-11-19)29-14-15-4-2-6-17(23)12-15/h2-13H,14H2,1H3. The Labute approximate surface area is 187 Å². The van der Waals surface area contributed by atoms with Crippen molar-refractivity contribution in [2.45, 2.75) is 10.9 Å². The maximum atomic E-state index is 6.10. The van der Waals surface area contributed by atoms with Gasteiger partial charge >= 0.3 is 0 Å². The number of nitrogens with zero attached hydrogens (tertiary/aromatic N) is 3. The Bertz CT molecular complexity index is 1130. The minimum Gasteiger partial charge on any atom is -0.497 e. The van der Waals surface area contributed by atoms with Crippen LogP contribution in [0.1, 0.15) is 5.56 Å². The third-order valence-corrected chi connectivity index (χ3v) is 6.05. The molecule has 7 heteroatoms. The van der Waals surface area contributed by atoms with Crippen LogP contribution in [0.25, 0.3) is 17.1 Å². The summed E-state index contributed by atoms with van der Waals surface area (Å²) in [5, 5.41) is 10.5. The quantitative estimate of drug-likeness (QED) is 0.286. The van der Waals surface area contributed by atoms with Crippen LogP contribution in [0.4, 0.5) is 0 Å². The number of aromatic nitrogens is 3. The van der Waals surface area contributed by atoms with Crippen molar-refractivity contribution in [3.8, 4) is 22.8 Å². The number of rotatable bonds is 6. The van der Waals surface area contributed by atoms with Gasteiger partial charge < -0.3 is 4.74 Å². The van der Waals surface area contributed by atoms with Gasteiger partial charge in [-0.05, 0) is 54.1 Å². The zero-order valence-electron chi connectivity index (χ0n) is 15.5. The molecular formula is C22H17BrClN3OS. The van der Waals surface area contributed by atoms with Crippen molar-refractivity contribution in [1.29, 1.82) is 0 Å². The van der Waals surface area contributed by atoms with Crippen LogP contribution in [0.15, 0.2) is 82.4 Å². The van der Waals surface area contributed by atoms with E-state index in [1.54, 1.807) is 18.9 Å². The molecule has 0 aliphatic carbocycles. The minimum absolute atomic E-state index is 0.688. The molecule has 1 heterocycles. The van der Waals surface area contributed by atoms with Crippen LogP contribution in [0.5, 0.6) is 5.75 Å². The number of thioether (sulfide) groups is 1. The minimum atomic E-state index is 0.688. The first-order chi connectivity index (χ1) is 14.1. The van der Waals surface area contributed by atoms with Crippen molar-refractivity contribution in [3.63, 3.8) is 0 Å². The molecule has 0 bridgehead atoms. The number of hydrogen-bond donors (Lipinski definition) is 0. The molecule has 29 heavy (non-hydrogen) atoms. The Hall–Kier alpha value is -2.28. The molecule has 0 aliphatic heterocycles. The molecule has 0 fully saturated rings. The third kappa shape index (κ3) is 4.66. The Morgan fingerprint density at radius 1 is 1.00 bits per heavy atom. The zero-order valence-corrected chi connectivity index (χ0v) is 18.7. The summed E-state index contributed by atoms with van der Waals surface area (Å²) < 4.78 is 8.49. The van der Waals surface area contributed by atoms with Crippen molar-refractivity contribution in [3.05, 3.63) is 87.9 Å². The average molecular weight is 487 g/mol. The molecule has 4 rings (SSSR count). The molecule has 0 unspecified atom stereocenters. The molecular weight excluding hydrogens is 470 g/mol. The smallest absolute Gasteiger partial charge is 0.196 e. The summed E-state index contributed by atoms with van der Waals surface area (Å²) in [6.45, 7) is 0. The van der Waals surface area contributed by atoms with Crippen molar-refractivity contribution in [1.82, 2.24) is 14.8 Å². The molecule has 0 saturated carbocycles. The topological polar surface area (TPSA) is 39.9 Å². The van der Waals surface area contributed by atoms with E-state index in [1.165, 1.54) is 5.56 Å². The Kier molecular flexibility index (Phi) is 6.23. The first-order valence-electron chi connectivity index (χ1n) is 8.87. The van der Waals surface area contributed by atoms with Gasteiger partial charge in [-0.3, -0.25) is 4.57 Å². The van der Waals surface area contributed by atoms with E-state index in [4.69, 9.17) is 16.3 Å². The van der Waals surface area contributed by atoms with Crippen LogP contribution in [0.3, 0.4) is 0 Å². The van der Waals surface area contributed by atoms with Gasteiger partial charge in [-0.1, -0.05) is 63.6 Å². The summed E-state index contributed by atoms with van der Waals surface area (Å²) in [5.41, 5.74) is 3.09. The lowest BCUT2D eigenvalue weighted by Crippen LogP contribution is -2.00. The summed E-state index contributed by atoms with van der Waals surface area (Å²) in [6.07, 6.45) is 0. The van der Waals surface area contributed by atoms with Gasteiger partial charge in [-0.15, -0.1) is 10.2 Å². The third-order valence-electron chi connectivity index (χ3n) is 4.30. The van der Waals surface area contributed by atoms with Crippen molar-refractivity contribution >= 4 is 39.3 Å². The second kappa shape index (κ2) is 9.03. The summed E-state index contributed by atoms with van der Waals surface area (Å²) in [6, 6.07) is 23.8. The van der Waals surface area contributed by atoms with Crippen LogP contribution in [0, 0.1) is 0 Å². The van der Waals surface area contributed by atoms with Crippen LogP contribution in [-0.4, -0.2) is 21.9 Å². The maximum absolute atomic E-state index is 6.10. The second-order valence-corrected chi connectivity index (χ2v) is 8.56. The van der Waals surface area contributed by atoms with Gasteiger partial charge in [-0.25, -0.2) is 0 Å². The SMILES string of the molecule is COc1cccc(-c2nnc(SCc3cccc(Br)c3)n2-c2ccc(Cl)cc2)c1. The zero-order chi connectivity index (χ0) is 20.2. The van der Waals surface area contributed by atoms with Crippen molar-refractivity contribution < 1.29 is 4.74 Å². The summed E-state index contributed by atoms with van der Waals surface area (Å²) in [5.74, 6) is 2.31. The van der Waals surface area contributed by atoms with Crippen molar-refractivity contribution in [2.75, 3.05) is 7.11 Å². The molecule has 0 N–H and O–H groups in total. The number of ether oxygens (including phenoxy) is 1. The van der Waals surface area contributed by atoms with Crippen LogP contribution < -0.4 is 4.74 Å². The number of methoxy groups -OCH3 is 1. The first-order valence-corrected chi connectivity index (χ1v) is 11.0. The molecule has 146 valence electrons. The monoisotopic (exact) mass is 485 g/mol. The second-order valence-electron chi connectivity index (χ2n) is 6.27. The molecule has 0 amide bonds. The lowest BCUT2D eigenvalue weighted by molar-refractivity contribution is 0.415. The van der Waals surface area contributed by atoms with Gasteiger partial charge in [0.05, 0.1) is 7.11 Å². The predicted octanol–water partition coefficient (Wildman–Crippen LogP) is 6.65. The highest BCUT2D eigenvalue weighted by molar-refractivity contribution is 9.10. The Morgan fingerprint density at radius 2 is 1.79 bits per heavy atom. The van der Waals surface area contributed by atoms with E-state index >= 15 is 0 Å². The van der Waals surface area contributed by atoms with Gasteiger partial charge in [0.1, 0.15) is 5.75 Å². The predicted molar refractivity (Wildman–Crippen MR) is 122 cm³/mol. The highest BCUT2D eigenvalue weighted by Gasteiger charge is 2.17. The van der Waals surface area contributed by atoms with E-state index < -0.39 is 0 Å². The van der Waals surface area contributed by atoms with Gasteiger partial charge in [0, 0.05) is 26.5 Å². The Morgan fingerprint density at radius 3 is 2.55 bits per heavy atom. The van der Waals surface area contributed by atoms with E-state index in [1.807, 2.05) is 65.2 Å². The molecule has 1 aromatic heterocycles. The van der Waals surface area contributed by atoms with E-state index in [0.29, 0.717) is 5.02 Å². The number of halogens is 2. The average Bonchev–Trinajstić information content (AvgIpc) is 3.17. The fourth-order valence-electron chi connectivity index (χ4n) is 2.91. The van der Waals surface area contributed by atoms with Crippen LogP contribution in [-0.2, 0) is 5.75 Å². The van der Waals surface area contributed by atoms with Crippen LogP contribution in [0.2, 0.25) is 5.02 Å².